The Morgan fingerprint density at radius 1 is 0.933 bits per heavy atom. The van der Waals surface area contributed by atoms with Crippen LogP contribution in [0.5, 0.6) is 0 Å². The van der Waals surface area contributed by atoms with E-state index in [4.69, 9.17) is 0 Å². The second kappa shape index (κ2) is 6.89. The zero-order chi connectivity index (χ0) is 10.7. The van der Waals surface area contributed by atoms with Crippen LogP contribution in [-0.2, 0) is 0 Å². The predicted molar refractivity (Wildman–Crippen MR) is 89.7 cm³/mol. The SMILES string of the molecule is C[S][Sn]([S]C)([S]C1CCS1)[S]C1CCS1. The van der Waals surface area contributed by atoms with E-state index in [-0.39, 0.29) is 0 Å². The second-order valence-corrected chi connectivity index (χ2v) is 49.7. The van der Waals surface area contributed by atoms with Gasteiger partial charge < -0.3 is 0 Å². The number of rotatable bonds is 6. The van der Waals surface area contributed by atoms with Crippen molar-refractivity contribution in [2.24, 2.45) is 0 Å². The average molecular weight is 423 g/mol. The molecule has 88 valence electrons. The van der Waals surface area contributed by atoms with Crippen molar-refractivity contribution in [1.29, 1.82) is 0 Å². The molecule has 2 fully saturated rings. The maximum absolute atomic E-state index is 2.41. The van der Waals surface area contributed by atoms with E-state index in [1.165, 1.54) is 24.3 Å². The molecule has 2 saturated heterocycles. The summed E-state index contributed by atoms with van der Waals surface area (Å²) < 4.78 is 1.91. The van der Waals surface area contributed by atoms with E-state index in [2.05, 4.69) is 71.8 Å². The van der Waals surface area contributed by atoms with Gasteiger partial charge in [-0.3, -0.25) is 0 Å². The molecule has 0 N–H and O–H groups in total. The third-order valence-corrected chi connectivity index (χ3v) is 61.5. The van der Waals surface area contributed by atoms with Gasteiger partial charge in [0.05, 0.1) is 0 Å². The number of hydrogen-bond acceptors (Lipinski definition) is 6. The summed E-state index contributed by atoms with van der Waals surface area (Å²) in [6.45, 7) is 0. The molecule has 7 heteroatoms. The summed E-state index contributed by atoms with van der Waals surface area (Å²) in [7, 11) is 9.30. The van der Waals surface area contributed by atoms with E-state index < -0.39 is 12.8 Å². The zero-order valence-corrected chi connectivity index (χ0v) is 16.7. The quantitative estimate of drug-likeness (QED) is 0.572. The van der Waals surface area contributed by atoms with Crippen LogP contribution in [0, 0.1) is 0 Å². The summed E-state index contributed by atoms with van der Waals surface area (Å²) in [5.74, 6) is 2.82. The molecule has 0 radical (unpaired) electrons. The first-order valence-electron chi connectivity index (χ1n) is 4.97. The first-order chi connectivity index (χ1) is 7.28. The van der Waals surface area contributed by atoms with Crippen LogP contribution in [0.25, 0.3) is 0 Å². The molecule has 15 heavy (non-hydrogen) atoms. The first-order valence-corrected chi connectivity index (χ1v) is 25.3. The maximum atomic E-state index is 2.41. The summed E-state index contributed by atoms with van der Waals surface area (Å²) in [4.78, 5) is 0. The molecule has 0 aromatic heterocycles. The fourth-order valence-electron chi connectivity index (χ4n) is 1.24. The molecule has 2 rings (SSSR count). The summed E-state index contributed by atoms with van der Waals surface area (Å²) in [5, 5.41) is 0. The van der Waals surface area contributed by atoms with Gasteiger partial charge in [0.2, 0.25) is 0 Å². The fraction of sp³-hybridized carbons (Fsp3) is 1.00. The van der Waals surface area contributed by atoms with Crippen molar-refractivity contribution in [2.45, 2.75) is 22.0 Å². The van der Waals surface area contributed by atoms with Gasteiger partial charge in [0.25, 0.3) is 0 Å². The van der Waals surface area contributed by atoms with Gasteiger partial charge in [-0.2, -0.15) is 0 Å². The Kier molecular flexibility index (Phi) is 6.57. The Labute approximate surface area is 116 Å². The Morgan fingerprint density at radius 3 is 1.53 bits per heavy atom. The average Bonchev–Trinajstić information content (AvgIpc) is 2.14. The van der Waals surface area contributed by atoms with E-state index in [0.717, 1.165) is 9.16 Å². The molecule has 0 aromatic rings. The Hall–Kier alpha value is 2.90. The standard InChI is InChI=1S/2C3H6S2.2CH4S.Sn/c2*4-3-1-2-5-3;2*1-2;/h2*3-4H,1-2H2;2*2H,1H3;/q;;;;+4/p-4. The van der Waals surface area contributed by atoms with Crippen molar-refractivity contribution in [2.75, 3.05) is 24.0 Å². The minimum absolute atomic E-state index is 0.957. The molecule has 2 heterocycles. The van der Waals surface area contributed by atoms with Crippen LogP contribution in [0.4, 0.5) is 0 Å². The normalized spacial score (nSPS) is 30.8. The van der Waals surface area contributed by atoms with Crippen molar-refractivity contribution in [1.82, 2.24) is 0 Å². The molecule has 0 saturated carbocycles. The van der Waals surface area contributed by atoms with Crippen molar-refractivity contribution >= 4 is 72.2 Å². The summed E-state index contributed by atoms with van der Waals surface area (Å²) in [6.07, 6.45) is 7.65. The Bertz CT molecular complexity index is 183. The van der Waals surface area contributed by atoms with Gasteiger partial charge in [-0.05, 0) is 0 Å². The van der Waals surface area contributed by atoms with Crippen LogP contribution in [0.2, 0.25) is 0 Å². The van der Waals surface area contributed by atoms with E-state index in [1.807, 2.05) is 0 Å². The fourth-order valence-corrected chi connectivity index (χ4v) is 60.9. The van der Waals surface area contributed by atoms with Gasteiger partial charge in [-0.25, -0.2) is 0 Å². The monoisotopic (exact) mass is 424 g/mol. The van der Waals surface area contributed by atoms with Crippen LogP contribution < -0.4 is 0 Å². The minimum atomic E-state index is -1.97. The molecule has 0 bridgehead atoms. The van der Waals surface area contributed by atoms with Crippen molar-refractivity contribution in [3.8, 4) is 0 Å². The van der Waals surface area contributed by atoms with Gasteiger partial charge in [0.1, 0.15) is 0 Å². The molecular weight excluding hydrogens is 407 g/mol. The Morgan fingerprint density at radius 2 is 1.33 bits per heavy atom. The molecule has 2 aliphatic heterocycles. The topological polar surface area (TPSA) is 0 Å². The van der Waals surface area contributed by atoms with Crippen molar-refractivity contribution in [3.05, 3.63) is 0 Å². The Balaban J connectivity index is 1.87. The van der Waals surface area contributed by atoms with Crippen LogP contribution in [0.3, 0.4) is 0 Å². The van der Waals surface area contributed by atoms with Gasteiger partial charge in [0.15, 0.2) is 0 Å². The molecular formula is C8H16S6Sn. The molecule has 2 atom stereocenters. The molecule has 0 nitrogen and oxygen atoms in total. The van der Waals surface area contributed by atoms with Crippen molar-refractivity contribution in [3.63, 3.8) is 0 Å². The molecule has 0 aromatic carbocycles. The second-order valence-electron chi connectivity index (χ2n) is 3.32. The number of thioether (sulfide) groups is 2. The zero-order valence-electron chi connectivity index (χ0n) is 8.93. The third-order valence-electron chi connectivity index (χ3n) is 2.37. The van der Waals surface area contributed by atoms with Crippen LogP contribution in [0.1, 0.15) is 12.8 Å². The van der Waals surface area contributed by atoms with Gasteiger partial charge in [0, 0.05) is 0 Å². The molecule has 2 aliphatic rings. The van der Waals surface area contributed by atoms with Crippen molar-refractivity contribution < 1.29 is 0 Å². The van der Waals surface area contributed by atoms with E-state index in [9.17, 15) is 0 Å². The third kappa shape index (κ3) is 3.93. The number of hydrogen-bond donors (Lipinski definition) is 0. The van der Waals surface area contributed by atoms with Crippen LogP contribution in [0.15, 0.2) is 0 Å². The first kappa shape index (κ1) is 14.3. The molecule has 0 spiro atoms. The van der Waals surface area contributed by atoms with Gasteiger partial charge in [-0.15, -0.1) is 0 Å². The summed E-state index contributed by atoms with van der Waals surface area (Å²) in [5.41, 5.74) is 0. The molecule has 2 unspecified atom stereocenters. The summed E-state index contributed by atoms with van der Waals surface area (Å²) >= 11 is 2.40. The van der Waals surface area contributed by atoms with Gasteiger partial charge >= 0.3 is 118 Å². The van der Waals surface area contributed by atoms with E-state index >= 15 is 0 Å². The van der Waals surface area contributed by atoms with E-state index in [0.29, 0.717) is 0 Å². The van der Waals surface area contributed by atoms with Gasteiger partial charge in [-0.1, -0.05) is 0 Å². The van der Waals surface area contributed by atoms with Crippen LogP contribution in [-0.4, -0.2) is 46.0 Å². The molecule has 0 aliphatic carbocycles. The predicted octanol–water partition coefficient (Wildman–Crippen LogP) is 4.54. The van der Waals surface area contributed by atoms with E-state index in [1.54, 1.807) is 0 Å². The van der Waals surface area contributed by atoms with Crippen LogP contribution >= 0.6 is 59.3 Å². The molecule has 0 amide bonds. The summed E-state index contributed by atoms with van der Waals surface area (Å²) in [6, 6.07) is 0.